The Kier molecular flexibility index (Phi) is 11.0. The number of halogens is 1. The first-order valence-corrected chi connectivity index (χ1v) is 9.21. The molecule has 25 heavy (non-hydrogen) atoms. The highest BCUT2D eigenvalue weighted by Crippen LogP contribution is 2.30. The molecule has 0 saturated heterocycles. The summed E-state index contributed by atoms with van der Waals surface area (Å²) in [7, 11) is 1.88. The Morgan fingerprint density at radius 2 is 2.12 bits per heavy atom. The molecule has 1 aromatic rings. The van der Waals surface area contributed by atoms with Crippen molar-refractivity contribution in [3.05, 3.63) is 12.2 Å². The van der Waals surface area contributed by atoms with E-state index in [0.717, 1.165) is 43.8 Å². The lowest BCUT2D eigenvalue weighted by Crippen LogP contribution is -2.39. The van der Waals surface area contributed by atoms with E-state index in [1.54, 1.807) is 11.0 Å². The van der Waals surface area contributed by atoms with Gasteiger partial charge < -0.3 is 15.4 Å². The maximum absolute atomic E-state index is 5.98. The summed E-state index contributed by atoms with van der Waals surface area (Å²) in [6.45, 7) is 7.17. The topological polar surface area (TPSA) is 76.4 Å². The van der Waals surface area contributed by atoms with Crippen LogP contribution in [-0.2, 0) is 18.3 Å². The Hall–Kier alpha value is -0.900. The fourth-order valence-corrected chi connectivity index (χ4v) is 3.29. The second-order valence-corrected chi connectivity index (χ2v) is 6.25. The summed E-state index contributed by atoms with van der Waals surface area (Å²) in [6, 6.07) is 0. The minimum Gasteiger partial charge on any atom is -0.378 e. The summed E-state index contributed by atoms with van der Waals surface area (Å²) >= 11 is 0. The summed E-state index contributed by atoms with van der Waals surface area (Å²) in [4.78, 5) is 8.79. The molecule has 144 valence electrons. The number of aromatic nitrogens is 3. The van der Waals surface area contributed by atoms with Crippen molar-refractivity contribution in [2.75, 3.05) is 19.7 Å². The Morgan fingerprint density at radius 3 is 2.72 bits per heavy atom. The molecule has 0 aromatic carbocycles. The van der Waals surface area contributed by atoms with E-state index in [2.05, 4.69) is 39.6 Å². The average Bonchev–Trinajstić information content (AvgIpc) is 3.23. The Balaban J connectivity index is 0.00000312. The highest BCUT2D eigenvalue weighted by molar-refractivity contribution is 14.0. The van der Waals surface area contributed by atoms with Crippen LogP contribution in [0.2, 0.25) is 0 Å². The van der Waals surface area contributed by atoms with Gasteiger partial charge in [-0.3, -0.25) is 4.68 Å². The van der Waals surface area contributed by atoms with Gasteiger partial charge in [0.25, 0.3) is 0 Å². The summed E-state index contributed by atoms with van der Waals surface area (Å²) in [5, 5.41) is 10.8. The molecule has 7 nitrogen and oxygen atoms in total. The first-order valence-electron chi connectivity index (χ1n) is 9.21. The van der Waals surface area contributed by atoms with E-state index in [1.165, 1.54) is 25.7 Å². The van der Waals surface area contributed by atoms with Gasteiger partial charge in [-0.25, -0.2) is 9.98 Å². The summed E-state index contributed by atoms with van der Waals surface area (Å²) in [6.07, 6.45) is 8.27. The number of guanidine groups is 1. The molecule has 0 spiro atoms. The van der Waals surface area contributed by atoms with Crippen molar-refractivity contribution in [3.8, 4) is 0 Å². The van der Waals surface area contributed by atoms with Gasteiger partial charge in [0.15, 0.2) is 5.96 Å². The van der Waals surface area contributed by atoms with Crippen LogP contribution in [0.5, 0.6) is 0 Å². The lowest BCUT2D eigenvalue weighted by Gasteiger charge is -2.24. The van der Waals surface area contributed by atoms with Crippen LogP contribution >= 0.6 is 24.0 Å². The van der Waals surface area contributed by atoms with E-state index in [9.17, 15) is 0 Å². The van der Waals surface area contributed by atoms with Crippen LogP contribution < -0.4 is 10.6 Å². The van der Waals surface area contributed by atoms with Gasteiger partial charge in [0.1, 0.15) is 18.7 Å². The number of ether oxygens (including phenoxy) is 1. The van der Waals surface area contributed by atoms with Gasteiger partial charge in [-0.15, -0.1) is 24.0 Å². The van der Waals surface area contributed by atoms with Gasteiger partial charge in [-0.2, -0.15) is 5.10 Å². The molecule has 1 aliphatic rings. The van der Waals surface area contributed by atoms with Crippen LogP contribution in [0.25, 0.3) is 0 Å². The molecule has 0 radical (unpaired) electrons. The molecular formula is C17H33IN6O. The smallest absolute Gasteiger partial charge is 0.191 e. The van der Waals surface area contributed by atoms with E-state index in [0.29, 0.717) is 12.6 Å². The zero-order valence-electron chi connectivity index (χ0n) is 15.7. The predicted molar refractivity (Wildman–Crippen MR) is 111 cm³/mol. The summed E-state index contributed by atoms with van der Waals surface area (Å²) in [5.41, 5.74) is 0. The minimum atomic E-state index is 0. The van der Waals surface area contributed by atoms with Gasteiger partial charge in [-0.1, -0.05) is 12.8 Å². The van der Waals surface area contributed by atoms with Crippen LogP contribution in [0.15, 0.2) is 11.3 Å². The third kappa shape index (κ3) is 7.47. The molecule has 0 bridgehead atoms. The molecule has 8 heteroatoms. The highest BCUT2D eigenvalue weighted by atomic mass is 127. The van der Waals surface area contributed by atoms with Crippen LogP contribution in [-0.4, -0.2) is 46.5 Å². The quantitative estimate of drug-likeness (QED) is 0.334. The van der Waals surface area contributed by atoms with Crippen molar-refractivity contribution < 1.29 is 4.74 Å². The molecule has 1 unspecified atom stereocenters. The largest absolute Gasteiger partial charge is 0.378 e. The Labute approximate surface area is 168 Å². The number of aliphatic imine (C=N–C) groups is 1. The van der Waals surface area contributed by atoms with Crippen molar-refractivity contribution in [2.45, 2.75) is 58.6 Å². The van der Waals surface area contributed by atoms with Crippen LogP contribution in [0.3, 0.4) is 0 Å². The average molecular weight is 464 g/mol. The van der Waals surface area contributed by atoms with Crippen molar-refractivity contribution in [2.24, 2.45) is 18.0 Å². The molecule has 1 aromatic heterocycles. The molecule has 1 atom stereocenters. The fourth-order valence-electron chi connectivity index (χ4n) is 3.29. The Bertz CT molecular complexity index is 501. The van der Waals surface area contributed by atoms with Gasteiger partial charge in [0.05, 0.1) is 6.10 Å². The number of nitrogens with zero attached hydrogens (tertiary/aromatic N) is 4. The third-order valence-corrected chi connectivity index (χ3v) is 4.56. The Morgan fingerprint density at radius 1 is 1.36 bits per heavy atom. The van der Waals surface area contributed by atoms with Crippen LogP contribution in [0.1, 0.15) is 51.8 Å². The van der Waals surface area contributed by atoms with Crippen molar-refractivity contribution in [1.82, 2.24) is 25.4 Å². The van der Waals surface area contributed by atoms with Crippen LogP contribution in [0.4, 0.5) is 0 Å². The SMILES string of the molecule is CCNC(=NCc1ncnn1C)NCCC(OCC)C1CCCC1.I. The van der Waals surface area contributed by atoms with Crippen LogP contribution in [0, 0.1) is 5.92 Å². The van der Waals surface area contributed by atoms with E-state index in [1.807, 2.05) is 7.05 Å². The summed E-state index contributed by atoms with van der Waals surface area (Å²) < 4.78 is 7.73. The van der Waals surface area contributed by atoms with Crippen molar-refractivity contribution in [3.63, 3.8) is 0 Å². The number of hydrogen-bond donors (Lipinski definition) is 2. The third-order valence-electron chi connectivity index (χ3n) is 4.56. The van der Waals surface area contributed by atoms with E-state index in [4.69, 9.17) is 4.74 Å². The molecule has 1 aliphatic carbocycles. The molecule has 2 rings (SSSR count). The van der Waals surface area contributed by atoms with Crippen molar-refractivity contribution >= 4 is 29.9 Å². The lowest BCUT2D eigenvalue weighted by molar-refractivity contribution is 0.0169. The number of hydrogen-bond acceptors (Lipinski definition) is 4. The molecular weight excluding hydrogens is 431 g/mol. The van der Waals surface area contributed by atoms with Crippen molar-refractivity contribution in [1.29, 1.82) is 0 Å². The first kappa shape index (κ1) is 22.1. The molecule has 0 aliphatic heterocycles. The van der Waals surface area contributed by atoms with E-state index in [-0.39, 0.29) is 24.0 Å². The predicted octanol–water partition coefficient (Wildman–Crippen LogP) is 2.47. The minimum absolute atomic E-state index is 0. The second kappa shape index (κ2) is 12.5. The molecule has 2 N–H and O–H groups in total. The standard InChI is InChI=1S/C17H32N6O.HI/c1-4-18-17(20-12-16-21-13-22-23(16)3)19-11-10-15(24-5-2)14-8-6-7-9-14;/h13-15H,4-12H2,1-3H3,(H2,18,19,20);1H. The molecule has 0 amide bonds. The second-order valence-electron chi connectivity index (χ2n) is 6.25. The molecule has 1 heterocycles. The van der Waals surface area contributed by atoms with Gasteiger partial charge in [0.2, 0.25) is 0 Å². The van der Waals surface area contributed by atoms with Gasteiger partial charge in [0, 0.05) is 26.7 Å². The number of rotatable bonds is 9. The highest BCUT2D eigenvalue weighted by Gasteiger charge is 2.25. The maximum Gasteiger partial charge on any atom is 0.191 e. The van der Waals surface area contributed by atoms with E-state index < -0.39 is 0 Å². The zero-order chi connectivity index (χ0) is 17.2. The van der Waals surface area contributed by atoms with E-state index >= 15 is 0 Å². The van der Waals surface area contributed by atoms with Gasteiger partial charge in [-0.05, 0) is 39.0 Å². The zero-order valence-corrected chi connectivity index (χ0v) is 18.0. The normalized spacial score (nSPS) is 16.5. The number of aryl methyl sites for hydroxylation is 1. The molecule has 1 fully saturated rings. The number of nitrogens with one attached hydrogen (secondary N) is 2. The maximum atomic E-state index is 5.98. The lowest BCUT2D eigenvalue weighted by atomic mass is 9.98. The monoisotopic (exact) mass is 464 g/mol. The first-order chi connectivity index (χ1) is 11.7. The molecule has 1 saturated carbocycles. The summed E-state index contributed by atoms with van der Waals surface area (Å²) in [5.74, 6) is 2.40. The fraction of sp³-hybridized carbons (Fsp3) is 0.824. The van der Waals surface area contributed by atoms with Gasteiger partial charge >= 0.3 is 0 Å².